The molecule has 0 saturated carbocycles. The Balaban J connectivity index is 1.97. The van der Waals surface area contributed by atoms with Crippen molar-refractivity contribution in [2.75, 3.05) is 7.11 Å². The standard InChI is InChI=1S/C19H16N2O7/c1-10-13(9-28-12-4-5-14(21(25)26)11(6-12)8-22)17-18(20(10)2)15(23)7-16(27-3)19(17)24/h4-8H,9H2,1-3H3. The van der Waals surface area contributed by atoms with Crippen LogP contribution in [0.5, 0.6) is 5.75 Å². The molecule has 9 nitrogen and oxygen atoms in total. The van der Waals surface area contributed by atoms with Gasteiger partial charge in [0.15, 0.2) is 12.0 Å². The lowest BCUT2D eigenvalue weighted by Crippen LogP contribution is -2.20. The molecule has 0 bridgehead atoms. The predicted octanol–water partition coefficient (Wildman–Crippen LogP) is 2.54. The second-order valence-corrected chi connectivity index (χ2v) is 6.14. The van der Waals surface area contributed by atoms with E-state index in [0.717, 1.165) is 6.08 Å². The first kappa shape index (κ1) is 19.0. The molecule has 1 aromatic carbocycles. The minimum Gasteiger partial charge on any atom is -0.492 e. The number of benzene rings is 1. The molecule has 0 aliphatic heterocycles. The molecule has 1 aliphatic rings. The minimum atomic E-state index is -0.659. The smallest absolute Gasteiger partial charge is 0.280 e. The molecule has 28 heavy (non-hydrogen) atoms. The van der Waals surface area contributed by atoms with Crippen LogP contribution >= 0.6 is 0 Å². The summed E-state index contributed by atoms with van der Waals surface area (Å²) in [5.41, 5.74) is 1.18. The van der Waals surface area contributed by atoms with Crippen molar-refractivity contribution in [1.82, 2.24) is 4.57 Å². The average molecular weight is 384 g/mol. The van der Waals surface area contributed by atoms with Crippen LogP contribution in [-0.2, 0) is 18.4 Å². The molecule has 0 atom stereocenters. The summed E-state index contributed by atoms with van der Waals surface area (Å²) >= 11 is 0. The van der Waals surface area contributed by atoms with E-state index in [1.165, 1.54) is 25.3 Å². The van der Waals surface area contributed by atoms with Gasteiger partial charge in [0.05, 0.1) is 23.2 Å². The number of nitro benzene ring substituents is 1. The van der Waals surface area contributed by atoms with Gasteiger partial charge in [0.2, 0.25) is 11.6 Å². The Kier molecular flexibility index (Phi) is 4.83. The van der Waals surface area contributed by atoms with Crippen LogP contribution in [-0.4, -0.2) is 34.5 Å². The van der Waals surface area contributed by atoms with Crippen LogP contribution in [0, 0.1) is 17.0 Å². The summed E-state index contributed by atoms with van der Waals surface area (Å²) in [6, 6.07) is 3.79. The Morgan fingerprint density at radius 1 is 1.29 bits per heavy atom. The Morgan fingerprint density at radius 2 is 2.00 bits per heavy atom. The first-order chi connectivity index (χ1) is 13.3. The van der Waals surface area contributed by atoms with Crippen LogP contribution in [0.3, 0.4) is 0 Å². The van der Waals surface area contributed by atoms with Gasteiger partial charge < -0.3 is 14.0 Å². The number of ketones is 2. The number of nitro groups is 1. The molecular weight excluding hydrogens is 368 g/mol. The third kappa shape index (κ3) is 2.96. The lowest BCUT2D eigenvalue weighted by atomic mass is 9.96. The van der Waals surface area contributed by atoms with Crippen molar-refractivity contribution in [1.29, 1.82) is 0 Å². The number of hydrogen-bond acceptors (Lipinski definition) is 7. The summed E-state index contributed by atoms with van der Waals surface area (Å²) in [7, 11) is 2.98. The number of aldehydes is 1. The van der Waals surface area contributed by atoms with Gasteiger partial charge in [-0.1, -0.05) is 0 Å². The normalized spacial score (nSPS) is 13.0. The van der Waals surface area contributed by atoms with Crippen LogP contribution in [0.1, 0.15) is 42.5 Å². The molecule has 0 radical (unpaired) electrons. The molecule has 0 unspecified atom stereocenters. The first-order valence-electron chi connectivity index (χ1n) is 8.19. The number of allylic oxidation sites excluding steroid dienone is 2. The van der Waals surface area contributed by atoms with Crippen molar-refractivity contribution < 1.29 is 28.8 Å². The first-order valence-corrected chi connectivity index (χ1v) is 8.19. The van der Waals surface area contributed by atoms with Crippen LogP contribution in [0.15, 0.2) is 30.0 Å². The maximum absolute atomic E-state index is 12.7. The van der Waals surface area contributed by atoms with E-state index in [-0.39, 0.29) is 46.4 Å². The van der Waals surface area contributed by atoms with Gasteiger partial charge in [-0.25, -0.2) is 0 Å². The van der Waals surface area contributed by atoms with Crippen LogP contribution < -0.4 is 4.74 Å². The number of methoxy groups -OCH3 is 1. The maximum atomic E-state index is 12.7. The fourth-order valence-electron chi connectivity index (χ4n) is 3.14. The van der Waals surface area contributed by atoms with E-state index in [9.17, 15) is 24.5 Å². The van der Waals surface area contributed by atoms with Gasteiger partial charge in [-0.15, -0.1) is 0 Å². The van der Waals surface area contributed by atoms with E-state index in [1.807, 2.05) is 0 Å². The largest absolute Gasteiger partial charge is 0.492 e. The molecular formula is C19H16N2O7. The van der Waals surface area contributed by atoms with E-state index >= 15 is 0 Å². The van der Waals surface area contributed by atoms with Crippen molar-refractivity contribution >= 4 is 23.5 Å². The summed E-state index contributed by atoms with van der Waals surface area (Å²) in [6.07, 6.45) is 1.53. The molecule has 3 rings (SSSR count). The Morgan fingerprint density at radius 3 is 2.61 bits per heavy atom. The van der Waals surface area contributed by atoms with E-state index in [2.05, 4.69) is 0 Å². The molecule has 0 amide bonds. The van der Waals surface area contributed by atoms with Crippen molar-refractivity contribution in [3.63, 3.8) is 0 Å². The van der Waals surface area contributed by atoms with Gasteiger partial charge in [-0.3, -0.25) is 24.5 Å². The quantitative estimate of drug-likeness (QED) is 0.427. The molecule has 144 valence electrons. The number of ether oxygens (including phenoxy) is 2. The monoisotopic (exact) mass is 384 g/mol. The molecule has 2 aromatic rings. The highest BCUT2D eigenvalue weighted by Gasteiger charge is 2.34. The molecule has 0 spiro atoms. The molecule has 0 saturated heterocycles. The highest BCUT2D eigenvalue weighted by molar-refractivity contribution is 6.24. The molecule has 9 heteroatoms. The number of fused-ring (bicyclic) bond motifs is 1. The number of carbonyl (C=O) groups is 3. The highest BCUT2D eigenvalue weighted by Crippen LogP contribution is 2.31. The summed E-state index contributed by atoms with van der Waals surface area (Å²) < 4.78 is 12.3. The number of carbonyl (C=O) groups excluding carboxylic acids is 3. The Bertz CT molecular complexity index is 1060. The number of nitrogens with zero attached hydrogens (tertiary/aromatic N) is 2. The minimum absolute atomic E-state index is 0.0528. The highest BCUT2D eigenvalue weighted by atomic mass is 16.6. The second kappa shape index (κ2) is 7.10. The lowest BCUT2D eigenvalue weighted by Gasteiger charge is -2.13. The molecule has 1 heterocycles. The van der Waals surface area contributed by atoms with Gasteiger partial charge in [0.1, 0.15) is 18.1 Å². The third-order valence-electron chi connectivity index (χ3n) is 4.69. The maximum Gasteiger partial charge on any atom is 0.280 e. The summed E-state index contributed by atoms with van der Waals surface area (Å²) in [5.74, 6) is -0.594. The average Bonchev–Trinajstić information content (AvgIpc) is 2.94. The number of Topliss-reactive ketones (excluding diaryl/α,β-unsaturated/α-hetero) is 1. The number of hydrogen-bond donors (Lipinski definition) is 0. The van der Waals surface area contributed by atoms with E-state index < -0.39 is 10.7 Å². The molecule has 1 aliphatic carbocycles. The zero-order valence-electron chi connectivity index (χ0n) is 15.3. The van der Waals surface area contributed by atoms with Crippen molar-refractivity contribution in [3.05, 3.63) is 68.2 Å². The molecule has 0 N–H and O–H groups in total. The number of rotatable bonds is 6. The van der Waals surface area contributed by atoms with Gasteiger partial charge in [-0.2, -0.15) is 0 Å². The fourth-order valence-corrected chi connectivity index (χ4v) is 3.14. The van der Waals surface area contributed by atoms with E-state index in [1.54, 1.807) is 18.5 Å². The van der Waals surface area contributed by atoms with Crippen LogP contribution in [0.2, 0.25) is 0 Å². The number of aromatic nitrogens is 1. The van der Waals surface area contributed by atoms with Gasteiger partial charge in [-0.05, 0) is 19.1 Å². The van der Waals surface area contributed by atoms with Crippen LogP contribution in [0.4, 0.5) is 5.69 Å². The zero-order valence-corrected chi connectivity index (χ0v) is 15.3. The van der Waals surface area contributed by atoms with Crippen molar-refractivity contribution in [3.8, 4) is 5.75 Å². The molecule has 1 aromatic heterocycles. The zero-order chi connectivity index (χ0) is 20.6. The van der Waals surface area contributed by atoms with E-state index in [4.69, 9.17) is 9.47 Å². The SMILES string of the molecule is COC1=CC(=O)c2c(c(COc3ccc([N+](=O)[O-])c(C=O)c3)c(C)n2C)C1=O. The van der Waals surface area contributed by atoms with Gasteiger partial charge >= 0.3 is 0 Å². The Labute approximate surface area is 159 Å². The van der Waals surface area contributed by atoms with Gasteiger partial charge in [0, 0.05) is 30.4 Å². The third-order valence-corrected chi connectivity index (χ3v) is 4.69. The molecule has 0 fully saturated rings. The lowest BCUT2D eigenvalue weighted by molar-refractivity contribution is -0.385. The van der Waals surface area contributed by atoms with Crippen molar-refractivity contribution in [2.24, 2.45) is 7.05 Å². The predicted molar refractivity (Wildman–Crippen MR) is 96.7 cm³/mol. The van der Waals surface area contributed by atoms with E-state index in [0.29, 0.717) is 17.5 Å². The Hall–Kier alpha value is -3.75. The summed E-state index contributed by atoms with van der Waals surface area (Å²) in [5, 5.41) is 10.9. The second-order valence-electron chi connectivity index (χ2n) is 6.14. The topological polar surface area (TPSA) is 118 Å². The summed E-state index contributed by atoms with van der Waals surface area (Å²) in [4.78, 5) is 46.4. The fraction of sp³-hybridized carbons (Fsp3) is 0.211. The van der Waals surface area contributed by atoms with Crippen molar-refractivity contribution in [2.45, 2.75) is 13.5 Å². The summed E-state index contributed by atoms with van der Waals surface area (Å²) in [6.45, 7) is 1.68. The van der Waals surface area contributed by atoms with Gasteiger partial charge in [0.25, 0.3) is 5.69 Å². The van der Waals surface area contributed by atoms with Crippen LogP contribution in [0.25, 0.3) is 0 Å².